The summed E-state index contributed by atoms with van der Waals surface area (Å²) in [6, 6.07) is 15.0. The van der Waals surface area contributed by atoms with E-state index in [1.165, 1.54) is 0 Å². The lowest BCUT2D eigenvalue weighted by Crippen LogP contribution is -2.28. The van der Waals surface area contributed by atoms with Gasteiger partial charge in [0.1, 0.15) is 0 Å². The lowest BCUT2D eigenvalue weighted by atomic mass is 10.1. The minimum absolute atomic E-state index is 0.103. The Morgan fingerprint density at radius 2 is 2.00 bits per heavy atom. The number of nitrogens with zero attached hydrogens (tertiary/aromatic N) is 3. The first kappa shape index (κ1) is 20.4. The molecule has 3 rings (SSSR count). The van der Waals surface area contributed by atoms with Gasteiger partial charge in [-0.1, -0.05) is 6.07 Å². The number of aryl methyl sites for hydroxylation is 1. The highest BCUT2D eigenvalue weighted by molar-refractivity contribution is 6.03. The number of nitriles is 1. The lowest BCUT2D eigenvalue weighted by Gasteiger charge is -2.22. The number of hydrogen-bond acceptors (Lipinski definition) is 4. The fraction of sp³-hybridized carbons (Fsp3) is 0.348. The van der Waals surface area contributed by atoms with E-state index in [0.29, 0.717) is 17.8 Å². The Labute approximate surface area is 171 Å². The molecule has 1 aliphatic heterocycles. The zero-order chi connectivity index (χ0) is 21.0. The molecule has 1 N–H and O–H groups in total. The van der Waals surface area contributed by atoms with Gasteiger partial charge in [-0.25, -0.2) is 0 Å². The minimum Gasteiger partial charge on any atom is -0.372 e. The van der Waals surface area contributed by atoms with Crippen LogP contribution in [0.25, 0.3) is 0 Å². The molecule has 0 aliphatic carbocycles. The van der Waals surface area contributed by atoms with Gasteiger partial charge in [0.05, 0.1) is 17.6 Å². The van der Waals surface area contributed by atoms with Crippen molar-refractivity contribution in [2.24, 2.45) is 5.92 Å². The molecule has 0 aromatic heterocycles. The summed E-state index contributed by atoms with van der Waals surface area (Å²) in [6.07, 6.45) is 0.166. The summed E-state index contributed by atoms with van der Waals surface area (Å²) >= 11 is 0. The molecule has 1 fully saturated rings. The van der Waals surface area contributed by atoms with Crippen molar-refractivity contribution in [1.29, 1.82) is 5.26 Å². The second-order valence-electron chi connectivity index (χ2n) is 7.23. The van der Waals surface area contributed by atoms with Crippen LogP contribution in [0.15, 0.2) is 42.5 Å². The Kier molecular flexibility index (Phi) is 6.18. The molecular formula is C23H26N4O2. The third-order valence-electron chi connectivity index (χ3n) is 5.38. The van der Waals surface area contributed by atoms with Gasteiger partial charge >= 0.3 is 0 Å². The highest BCUT2D eigenvalue weighted by Gasteiger charge is 2.35. The number of benzene rings is 2. The van der Waals surface area contributed by atoms with Crippen LogP contribution in [0.2, 0.25) is 0 Å². The van der Waals surface area contributed by atoms with E-state index in [9.17, 15) is 9.59 Å². The molecule has 29 heavy (non-hydrogen) atoms. The number of hydrogen-bond donors (Lipinski definition) is 1. The van der Waals surface area contributed by atoms with Gasteiger partial charge < -0.3 is 15.1 Å². The van der Waals surface area contributed by atoms with Crippen molar-refractivity contribution in [3.8, 4) is 6.07 Å². The molecule has 0 saturated carbocycles. The first-order valence-electron chi connectivity index (χ1n) is 9.93. The average molecular weight is 390 g/mol. The zero-order valence-electron chi connectivity index (χ0n) is 17.1. The summed E-state index contributed by atoms with van der Waals surface area (Å²) in [5.41, 5.74) is 4.04. The fourth-order valence-electron chi connectivity index (χ4n) is 3.68. The van der Waals surface area contributed by atoms with Crippen LogP contribution in [0, 0.1) is 24.2 Å². The first-order chi connectivity index (χ1) is 14.0. The van der Waals surface area contributed by atoms with E-state index in [1.54, 1.807) is 29.2 Å². The third kappa shape index (κ3) is 4.40. The summed E-state index contributed by atoms with van der Waals surface area (Å²) in [4.78, 5) is 29.1. The molecule has 6 heteroatoms. The van der Waals surface area contributed by atoms with E-state index >= 15 is 0 Å². The Morgan fingerprint density at radius 3 is 2.66 bits per heavy atom. The van der Waals surface area contributed by atoms with Crippen molar-refractivity contribution < 1.29 is 9.59 Å². The molecule has 150 valence electrons. The monoisotopic (exact) mass is 390 g/mol. The van der Waals surface area contributed by atoms with Gasteiger partial charge in [0.25, 0.3) is 0 Å². The zero-order valence-corrected chi connectivity index (χ0v) is 17.1. The van der Waals surface area contributed by atoms with Crippen LogP contribution in [-0.2, 0) is 9.59 Å². The fourth-order valence-corrected chi connectivity index (χ4v) is 3.68. The molecule has 2 aromatic carbocycles. The number of rotatable bonds is 6. The van der Waals surface area contributed by atoms with Gasteiger partial charge in [-0.3, -0.25) is 9.59 Å². The quantitative estimate of drug-likeness (QED) is 0.816. The van der Waals surface area contributed by atoms with Crippen LogP contribution in [0.3, 0.4) is 0 Å². The maximum atomic E-state index is 12.8. The van der Waals surface area contributed by atoms with Gasteiger partial charge in [-0.15, -0.1) is 0 Å². The summed E-state index contributed by atoms with van der Waals surface area (Å²) < 4.78 is 0. The number of nitrogens with one attached hydrogen (secondary N) is 1. The summed E-state index contributed by atoms with van der Waals surface area (Å²) in [5, 5.41) is 12.0. The molecule has 1 unspecified atom stereocenters. The topological polar surface area (TPSA) is 76.4 Å². The largest absolute Gasteiger partial charge is 0.372 e. The van der Waals surface area contributed by atoms with Crippen LogP contribution >= 0.6 is 0 Å². The van der Waals surface area contributed by atoms with E-state index < -0.39 is 5.92 Å². The van der Waals surface area contributed by atoms with Crippen LogP contribution in [0.1, 0.15) is 31.4 Å². The Morgan fingerprint density at radius 1 is 1.24 bits per heavy atom. The number of carbonyl (C=O) groups is 2. The second-order valence-corrected chi connectivity index (χ2v) is 7.23. The predicted molar refractivity (Wildman–Crippen MR) is 115 cm³/mol. The number of anilines is 3. The SMILES string of the molecule is CCN(CC)c1ccc(NC(=O)C2CC(=O)N(c3cccc(C#N)c3)C2)c(C)c1. The molecule has 0 spiro atoms. The Balaban J connectivity index is 1.70. The van der Waals surface area contributed by atoms with Crippen molar-refractivity contribution in [3.63, 3.8) is 0 Å². The van der Waals surface area contributed by atoms with Gasteiger partial charge in [-0.05, 0) is 62.7 Å². The van der Waals surface area contributed by atoms with Crippen LogP contribution < -0.4 is 15.1 Å². The normalized spacial score (nSPS) is 15.9. The number of carbonyl (C=O) groups excluding carboxylic acids is 2. The van der Waals surface area contributed by atoms with Gasteiger partial charge in [0.2, 0.25) is 11.8 Å². The standard InChI is InChI=1S/C23H26N4O2/c1-4-26(5-2)19-9-10-21(16(3)11-19)25-23(29)18-13-22(28)27(15-18)20-8-6-7-17(12-20)14-24/h6-12,18H,4-5,13,15H2,1-3H3,(H,25,29). The van der Waals surface area contributed by atoms with E-state index in [4.69, 9.17) is 5.26 Å². The Bertz CT molecular complexity index is 960. The minimum atomic E-state index is -0.421. The molecule has 6 nitrogen and oxygen atoms in total. The molecule has 2 amide bonds. The lowest BCUT2D eigenvalue weighted by molar-refractivity contribution is -0.122. The molecule has 1 heterocycles. The van der Waals surface area contributed by atoms with Crippen molar-refractivity contribution >= 4 is 28.9 Å². The maximum Gasteiger partial charge on any atom is 0.229 e. The van der Waals surface area contributed by atoms with E-state index in [0.717, 1.165) is 30.0 Å². The van der Waals surface area contributed by atoms with Crippen molar-refractivity contribution in [1.82, 2.24) is 0 Å². The predicted octanol–water partition coefficient (Wildman–Crippen LogP) is 3.70. The van der Waals surface area contributed by atoms with Gasteiger partial charge in [0, 0.05) is 43.1 Å². The van der Waals surface area contributed by atoms with Crippen LogP contribution in [-0.4, -0.2) is 31.4 Å². The molecule has 0 bridgehead atoms. The molecule has 1 aliphatic rings. The first-order valence-corrected chi connectivity index (χ1v) is 9.93. The molecule has 2 aromatic rings. The van der Waals surface area contributed by atoms with E-state index in [1.807, 2.05) is 19.1 Å². The smallest absolute Gasteiger partial charge is 0.229 e. The van der Waals surface area contributed by atoms with E-state index in [2.05, 4.69) is 36.2 Å². The van der Waals surface area contributed by atoms with Crippen molar-refractivity contribution in [2.75, 3.05) is 34.8 Å². The molecule has 0 radical (unpaired) electrons. The van der Waals surface area contributed by atoms with Crippen molar-refractivity contribution in [2.45, 2.75) is 27.2 Å². The molecule has 1 atom stereocenters. The van der Waals surface area contributed by atoms with Crippen molar-refractivity contribution in [3.05, 3.63) is 53.6 Å². The van der Waals surface area contributed by atoms with Crippen LogP contribution in [0.4, 0.5) is 17.1 Å². The second kappa shape index (κ2) is 8.78. The third-order valence-corrected chi connectivity index (χ3v) is 5.38. The number of amides is 2. The highest BCUT2D eigenvalue weighted by atomic mass is 16.2. The summed E-state index contributed by atoms with van der Waals surface area (Å²) in [5.74, 6) is -0.681. The average Bonchev–Trinajstić information content (AvgIpc) is 3.12. The van der Waals surface area contributed by atoms with Crippen LogP contribution in [0.5, 0.6) is 0 Å². The summed E-state index contributed by atoms with van der Waals surface area (Å²) in [7, 11) is 0. The molecular weight excluding hydrogens is 364 g/mol. The van der Waals surface area contributed by atoms with Gasteiger partial charge in [0.15, 0.2) is 0 Å². The Hall–Kier alpha value is -3.33. The van der Waals surface area contributed by atoms with Gasteiger partial charge in [-0.2, -0.15) is 5.26 Å². The maximum absolute atomic E-state index is 12.8. The highest BCUT2D eigenvalue weighted by Crippen LogP contribution is 2.28. The van der Waals surface area contributed by atoms with E-state index in [-0.39, 0.29) is 18.2 Å². The molecule has 1 saturated heterocycles. The summed E-state index contributed by atoms with van der Waals surface area (Å²) in [6.45, 7) is 8.37.